The summed E-state index contributed by atoms with van der Waals surface area (Å²) in [5.41, 5.74) is -1.48. The number of anilines is 1. The van der Waals surface area contributed by atoms with Crippen LogP contribution in [0.25, 0.3) is 0 Å². The number of hydrogen-bond acceptors (Lipinski definition) is 12. The number of ether oxygens (including phenoxy) is 4. The molecule has 1 fully saturated rings. The van der Waals surface area contributed by atoms with Crippen LogP contribution in [0.4, 0.5) is 5.69 Å². The summed E-state index contributed by atoms with van der Waals surface area (Å²) in [5, 5.41) is 26.9. The van der Waals surface area contributed by atoms with Gasteiger partial charge in [0.2, 0.25) is 18.6 Å². The molecule has 0 aromatic heterocycles. The lowest BCUT2D eigenvalue weighted by atomic mass is 9.81. The predicted molar refractivity (Wildman–Crippen MR) is 178 cm³/mol. The Bertz CT molecular complexity index is 1540. The molecular formula is C36H46N2O12. The molecule has 2 aromatic carbocycles. The molecule has 1 heterocycles. The number of benzene rings is 2. The van der Waals surface area contributed by atoms with E-state index in [1.807, 2.05) is 0 Å². The van der Waals surface area contributed by atoms with Gasteiger partial charge in [-0.1, -0.05) is 64.1 Å². The van der Waals surface area contributed by atoms with Crippen molar-refractivity contribution in [2.24, 2.45) is 17.3 Å². The second kappa shape index (κ2) is 17.1. The fraction of sp³-hybridized carbons (Fsp3) is 0.500. The zero-order valence-corrected chi connectivity index (χ0v) is 29.2. The van der Waals surface area contributed by atoms with Gasteiger partial charge >= 0.3 is 23.9 Å². The number of aromatic hydroxyl groups is 1. The van der Waals surface area contributed by atoms with Crippen LogP contribution in [0.15, 0.2) is 48.5 Å². The van der Waals surface area contributed by atoms with Crippen LogP contribution in [0.3, 0.4) is 0 Å². The van der Waals surface area contributed by atoms with Crippen LogP contribution in [0, 0.1) is 17.3 Å². The van der Waals surface area contributed by atoms with E-state index in [2.05, 4.69) is 10.6 Å². The van der Waals surface area contributed by atoms with E-state index in [0.29, 0.717) is 18.4 Å². The summed E-state index contributed by atoms with van der Waals surface area (Å²) in [4.78, 5) is 79.3. The first-order valence-corrected chi connectivity index (χ1v) is 16.4. The van der Waals surface area contributed by atoms with Crippen LogP contribution in [0.5, 0.6) is 5.75 Å². The molecule has 272 valence electrons. The molecule has 4 N–H and O–H groups in total. The minimum absolute atomic E-state index is 0.0305. The Hall–Kier alpha value is -4.98. The summed E-state index contributed by atoms with van der Waals surface area (Å²) >= 11 is 0. The van der Waals surface area contributed by atoms with Gasteiger partial charge in [-0.3, -0.25) is 14.4 Å². The maximum Gasteiger partial charge on any atom is 0.348 e. The number of rotatable bonds is 9. The van der Waals surface area contributed by atoms with Crippen molar-refractivity contribution in [3.8, 4) is 5.75 Å². The molecule has 0 spiro atoms. The number of amides is 2. The molecule has 7 atom stereocenters. The molecule has 1 saturated heterocycles. The Morgan fingerprint density at radius 2 is 1.54 bits per heavy atom. The van der Waals surface area contributed by atoms with E-state index in [0.717, 1.165) is 0 Å². The Kier molecular flexibility index (Phi) is 13.5. The normalized spacial score (nSPS) is 25.5. The number of nitrogens with one attached hydrogen (secondary N) is 2. The van der Waals surface area contributed by atoms with Gasteiger partial charge in [-0.05, 0) is 44.9 Å². The number of carbonyl (C=O) groups is 6. The number of hydrogen-bond donors (Lipinski definition) is 4. The molecule has 0 saturated carbocycles. The second-order valence-electron chi connectivity index (χ2n) is 13.2. The first-order chi connectivity index (χ1) is 23.5. The molecule has 1 aliphatic rings. The number of phenolic OH excluding ortho intramolecular Hbond substituents is 1. The molecule has 14 heteroatoms. The summed E-state index contributed by atoms with van der Waals surface area (Å²) in [7, 11) is 0. The topological polar surface area (TPSA) is 204 Å². The number of phenols is 1. The standard InChI is InChI=1S/C36H46N2O12/c1-8-20(4)29-34(45)47-21(5)26(38-31(42)23-15-12-16-24(27(23)40)37-18-39)32(43)49-28(19(2)3)33(44)48-25(17-22-13-10-9-11-14-22)30(41)36(6,7)35(46)50-29/h9-16,18-21,25-26,28-30,40-41H,8,17H2,1-7H3,(H,37,39)(H,38,42)/t20-,21+,25-,26+,28-,29-,30+/m0/s1. The Morgan fingerprint density at radius 3 is 2.14 bits per heavy atom. The fourth-order valence-electron chi connectivity index (χ4n) is 5.21. The summed E-state index contributed by atoms with van der Waals surface area (Å²) in [6.45, 7) is 10.6. The van der Waals surface area contributed by atoms with E-state index in [1.165, 1.54) is 39.0 Å². The molecule has 2 amide bonds. The molecule has 2 aromatic rings. The third-order valence-corrected chi connectivity index (χ3v) is 8.68. The van der Waals surface area contributed by atoms with Gasteiger partial charge in [0.15, 0.2) is 11.8 Å². The highest BCUT2D eigenvalue weighted by atomic mass is 16.6. The van der Waals surface area contributed by atoms with Crippen molar-refractivity contribution < 1.29 is 57.9 Å². The maximum absolute atomic E-state index is 13.8. The molecule has 0 bridgehead atoms. The van der Waals surface area contributed by atoms with Crippen molar-refractivity contribution in [3.05, 3.63) is 59.7 Å². The summed E-state index contributed by atoms with van der Waals surface area (Å²) in [5.74, 6) is -7.13. The smallest absolute Gasteiger partial charge is 0.348 e. The van der Waals surface area contributed by atoms with E-state index < -0.39 is 89.3 Å². The number of aliphatic hydroxyl groups is 1. The van der Waals surface area contributed by atoms with Crippen LogP contribution < -0.4 is 10.6 Å². The second-order valence-corrected chi connectivity index (χ2v) is 13.2. The number of carbonyl (C=O) groups excluding carboxylic acids is 6. The summed E-state index contributed by atoms with van der Waals surface area (Å²) in [6.07, 6.45) is -6.89. The zero-order chi connectivity index (χ0) is 37.3. The predicted octanol–water partition coefficient (Wildman–Crippen LogP) is 3.07. The van der Waals surface area contributed by atoms with E-state index in [1.54, 1.807) is 58.0 Å². The Morgan fingerprint density at radius 1 is 0.900 bits per heavy atom. The molecule has 50 heavy (non-hydrogen) atoms. The van der Waals surface area contributed by atoms with E-state index in [9.17, 15) is 39.0 Å². The SMILES string of the molecule is CC[C@H](C)[C@@H]1OC(=O)C(C)(C)[C@H](O)[C@H](Cc2ccccc2)OC(=O)[C@H](C(C)C)OC(=O)[C@H](NC(=O)c2cccc(NC=O)c2O)[C@@H](C)OC1=O. The lowest BCUT2D eigenvalue weighted by Crippen LogP contribution is -2.52. The summed E-state index contributed by atoms with van der Waals surface area (Å²) < 4.78 is 22.7. The van der Waals surface area contributed by atoms with Gasteiger partial charge in [0.1, 0.15) is 18.3 Å². The number of para-hydroxylation sites is 1. The van der Waals surface area contributed by atoms with Crippen molar-refractivity contribution in [1.29, 1.82) is 0 Å². The van der Waals surface area contributed by atoms with Crippen LogP contribution >= 0.6 is 0 Å². The van der Waals surface area contributed by atoms with Gasteiger partial charge in [-0.15, -0.1) is 0 Å². The highest BCUT2D eigenvalue weighted by molar-refractivity contribution is 6.01. The van der Waals surface area contributed by atoms with Crippen molar-refractivity contribution in [2.45, 2.75) is 97.9 Å². The minimum Gasteiger partial charge on any atom is -0.505 e. The van der Waals surface area contributed by atoms with E-state index >= 15 is 0 Å². The maximum atomic E-state index is 13.8. The van der Waals surface area contributed by atoms with E-state index in [-0.39, 0.29) is 17.7 Å². The quantitative estimate of drug-likeness (QED) is 0.129. The average Bonchev–Trinajstić information content (AvgIpc) is 3.07. The lowest BCUT2D eigenvalue weighted by Gasteiger charge is -2.35. The molecular weight excluding hydrogens is 652 g/mol. The molecule has 3 rings (SSSR count). The van der Waals surface area contributed by atoms with Gasteiger partial charge in [-0.2, -0.15) is 0 Å². The van der Waals surface area contributed by atoms with Crippen LogP contribution in [0.2, 0.25) is 0 Å². The average molecular weight is 699 g/mol. The van der Waals surface area contributed by atoms with Crippen molar-refractivity contribution in [2.75, 3.05) is 5.32 Å². The lowest BCUT2D eigenvalue weighted by molar-refractivity contribution is -0.190. The third kappa shape index (κ3) is 9.37. The number of esters is 4. The molecule has 0 unspecified atom stereocenters. The van der Waals surface area contributed by atoms with Gasteiger partial charge < -0.3 is 39.8 Å². The zero-order valence-electron chi connectivity index (χ0n) is 29.2. The minimum atomic E-state index is -1.76. The highest BCUT2D eigenvalue weighted by Crippen LogP contribution is 2.32. The van der Waals surface area contributed by atoms with Crippen LogP contribution in [0.1, 0.15) is 70.8 Å². The van der Waals surface area contributed by atoms with Crippen molar-refractivity contribution in [1.82, 2.24) is 5.32 Å². The molecule has 14 nitrogen and oxygen atoms in total. The van der Waals surface area contributed by atoms with Gasteiger partial charge in [0.05, 0.1) is 16.7 Å². The van der Waals surface area contributed by atoms with Gasteiger partial charge in [0, 0.05) is 18.3 Å². The number of cyclic esters (lactones) is 4. The van der Waals surface area contributed by atoms with Crippen molar-refractivity contribution in [3.63, 3.8) is 0 Å². The Labute approximate surface area is 290 Å². The number of aliphatic hydroxyl groups excluding tert-OH is 1. The first-order valence-electron chi connectivity index (χ1n) is 16.4. The van der Waals surface area contributed by atoms with Crippen molar-refractivity contribution >= 4 is 41.9 Å². The first kappa shape index (κ1) is 39.5. The molecule has 1 aliphatic heterocycles. The van der Waals surface area contributed by atoms with Crippen LogP contribution in [-0.2, 0) is 49.3 Å². The fourth-order valence-corrected chi connectivity index (χ4v) is 5.21. The van der Waals surface area contributed by atoms with Crippen LogP contribution in [-0.4, -0.2) is 83.0 Å². The monoisotopic (exact) mass is 698 g/mol. The summed E-state index contributed by atoms with van der Waals surface area (Å²) in [6, 6.07) is 10.9. The highest BCUT2D eigenvalue weighted by Gasteiger charge is 2.47. The Balaban J connectivity index is 2.12. The largest absolute Gasteiger partial charge is 0.505 e. The van der Waals surface area contributed by atoms with E-state index in [4.69, 9.17) is 18.9 Å². The van der Waals surface area contributed by atoms with Gasteiger partial charge in [0.25, 0.3) is 5.91 Å². The molecule has 0 aliphatic carbocycles. The molecule has 0 radical (unpaired) electrons. The third-order valence-electron chi connectivity index (χ3n) is 8.68. The van der Waals surface area contributed by atoms with Gasteiger partial charge in [-0.25, -0.2) is 14.4 Å².